The number of esters is 2. The molecule has 0 saturated carbocycles. The molecule has 0 atom stereocenters. The lowest BCUT2D eigenvalue weighted by Crippen LogP contribution is -2.33. The molecule has 1 amide bonds. The van der Waals surface area contributed by atoms with Gasteiger partial charge in [-0.15, -0.1) is 0 Å². The van der Waals surface area contributed by atoms with Gasteiger partial charge in [-0.2, -0.15) is 0 Å². The van der Waals surface area contributed by atoms with E-state index in [9.17, 15) is 14.4 Å². The van der Waals surface area contributed by atoms with Gasteiger partial charge in [-0.3, -0.25) is 9.97 Å². The number of alkyl carbamates (subject to hydrolysis) is 1. The quantitative estimate of drug-likeness (QED) is 0.417. The molecule has 1 N–H and O–H groups in total. The molecule has 0 aliphatic rings. The molecule has 2 rings (SSSR count). The van der Waals surface area contributed by atoms with E-state index in [0.29, 0.717) is 35.5 Å². The molecule has 30 heavy (non-hydrogen) atoms. The molecule has 0 bridgehead atoms. The number of hydrogen-bond acceptors (Lipinski definition) is 8. The van der Waals surface area contributed by atoms with E-state index >= 15 is 0 Å². The minimum atomic E-state index is -0.569. The molecular weight excluding hydrogens is 390 g/mol. The molecule has 0 radical (unpaired) electrons. The lowest BCUT2D eigenvalue weighted by Gasteiger charge is -2.19. The normalized spacial score (nSPS) is 10.8. The SMILES string of the molecule is COC(=O)c1ccnc(-c2cc(C(=O)OCCCNC(=O)OC(C)(C)C)ccn2)c1. The number of amides is 1. The number of nitrogens with one attached hydrogen (secondary N) is 1. The standard InChI is InChI=1S/C21H25N3O6/c1-21(2,3)30-20(27)24-8-5-11-29-19(26)15-7-10-23-17(13-15)16-12-14(6-9-22-16)18(25)28-4/h6-7,9-10,12-13H,5,8,11H2,1-4H3,(H,24,27). The second-order valence-electron chi connectivity index (χ2n) is 7.27. The Bertz CT molecular complexity index is 908. The number of ether oxygens (including phenoxy) is 3. The van der Waals surface area contributed by atoms with E-state index in [2.05, 4.69) is 15.3 Å². The molecule has 0 aliphatic carbocycles. The molecule has 0 saturated heterocycles. The molecule has 0 fully saturated rings. The number of aromatic nitrogens is 2. The summed E-state index contributed by atoms with van der Waals surface area (Å²) in [6, 6.07) is 6.12. The van der Waals surface area contributed by atoms with Crippen molar-refractivity contribution in [2.75, 3.05) is 20.3 Å². The number of hydrogen-bond donors (Lipinski definition) is 1. The highest BCUT2D eigenvalue weighted by Gasteiger charge is 2.16. The average Bonchev–Trinajstić information content (AvgIpc) is 2.71. The predicted molar refractivity (Wildman–Crippen MR) is 108 cm³/mol. The summed E-state index contributed by atoms with van der Waals surface area (Å²) in [7, 11) is 1.29. The van der Waals surface area contributed by atoms with Gasteiger partial charge in [0.15, 0.2) is 0 Å². The van der Waals surface area contributed by atoms with Gasteiger partial charge in [-0.1, -0.05) is 0 Å². The first-order valence-electron chi connectivity index (χ1n) is 9.34. The minimum absolute atomic E-state index is 0.127. The second kappa shape index (κ2) is 10.3. The fourth-order valence-electron chi connectivity index (χ4n) is 2.34. The molecule has 0 spiro atoms. The van der Waals surface area contributed by atoms with Crippen LogP contribution in [-0.2, 0) is 14.2 Å². The largest absolute Gasteiger partial charge is 0.465 e. The van der Waals surface area contributed by atoms with Crippen LogP contribution in [0.15, 0.2) is 36.7 Å². The topological polar surface area (TPSA) is 117 Å². The fraction of sp³-hybridized carbons (Fsp3) is 0.381. The Morgan fingerprint density at radius 2 is 1.53 bits per heavy atom. The van der Waals surface area contributed by atoms with Crippen LogP contribution in [0.4, 0.5) is 4.79 Å². The summed E-state index contributed by atoms with van der Waals surface area (Å²) in [4.78, 5) is 43.9. The first kappa shape index (κ1) is 22.8. The smallest absolute Gasteiger partial charge is 0.407 e. The Balaban J connectivity index is 1.89. The van der Waals surface area contributed by atoms with Gasteiger partial charge >= 0.3 is 18.0 Å². The lowest BCUT2D eigenvalue weighted by atomic mass is 10.1. The molecule has 2 heterocycles. The molecular formula is C21H25N3O6. The average molecular weight is 415 g/mol. The van der Waals surface area contributed by atoms with Crippen molar-refractivity contribution in [3.8, 4) is 11.4 Å². The van der Waals surface area contributed by atoms with Gasteiger partial charge in [0.25, 0.3) is 0 Å². The van der Waals surface area contributed by atoms with Gasteiger partial charge in [0.2, 0.25) is 0 Å². The first-order chi connectivity index (χ1) is 14.2. The highest BCUT2D eigenvalue weighted by molar-refractivity contribution is 5.92. The van der Waals surface area contributed by atoms with Crippen molar-refractivity contribution < 1.29 is 28.6 Å². The second-order valence-corrected chi connectivity index (χ2v) is 7.27. The van der Waals surface area contributed by atoms with Gasteiger partial charge < -0.3 is 19.5 Å². The van der Waals surface area contributed by atoms with Crippen LogP contribution in [0.1, 0.15) is 47.9 Å². The first-order valence-corrected chi connectivity index (χ1v) is 9.34. The van der Waals surface area contributed by atoms with Crippen LogP contribution in [-0.4, -0.2) is 53.9 Å². The molecule has 2 aromatic rings. The minimum Gasteiger partial charge on any atom is -0.465 e. The van der Waals surface area contributed by atoms with E-state index in [1.54, 1.807) is 20.8 Å². The van der Waals surface area contributed by atoms with Crippen LogP contribution < -0.4 is 5.32 Å². The van der Waals surface area contributed by atoms with Crippen molar-refractivity contribution in [3.63, 3.8) is 0 Å². The molecule has 160 valence electrons. The molecule has 2 aromatic heterocycles. The third kappa shape index (κ3) is 7.16. The van der Waals surface area contributed by atoms with Crippen LogP contribution in [0.5, 0.6) is 0 Å². The Morgan fingerprint density at radius 1 is 0.967 bits per heavy atom. The van der Waals surface area contributed by atoms with Gasteiger partial charge in [0.05, 0.1) is 36.2 Å². The maximum atomic E-state index is 12.3. The molecule has 9 heteroatoms. The highest BCUT2D eigenvalue weighted by atomic mass is 16.6. The summed E-state index contributed by atoms with van der Waals surface area (Å²) >= 11 is 0. The fourth-order valence-corrected chi connectivity index (χ4v) is 2.34. The van der Waals surface area contributed by atoms with E-state index in [-0.39, 0.29) is 6.61 Å². The number of nitrogens with zero attached hydrogens (tertiary/aromatic N) is 2. The zero-order chi connectivity index (χ0) is 22.1. The number of methoxy groups -OCH3 is 1. The van der Waals surface area contributed by atoms with Crippen LogP contribution >= 0.6 is 0 Å². The van der Waals surface area contributed by atoms with E-state index < -0.39 is 23.6 Å². The van der Waals surface area contributed by atoms with Crippen molar-refractivity contribution in [2.45, 2.75) is 32.8 Å². The third-order valence-electron chi connectivity index (χ3n) is 3.66. The van der Waals surface area contributed by atoms with Crippen LogP contribution in [0.3, 0.4) is 0 Å². The maximum absolute atomic E-state index is 12.3. The van der Waals surface area contributed by atoms with Crippen molar-refractivity contribution in [2.24, 2.45) is 0 Å². The lowest BCUT2D eigenvalue weighted by molar-refractivity contribution is 0.0481. The number of rotatable bonds is 7. The summed E-state index contributed by atoms with van der Waals surface area (Å²) in [5.74, 6) is -1.02. The third-order valence-corrected chi connectivity index (χ3v) is 3.66. The van der Waals surface area contributed by atoms with Crippen molar-refractivity contribution in [1.29, 1.82) is 0 Å². The van der Waals surface area contributed by atoms with Gasteiger partial charge in [-0.05, 0) is 51.5 Å². The Kier molecular flexibility index (Phi) is 7.85. The molecule has 9 nitrogen and oxygen atoms in total. The summed E-state index contributed by atoms with van der Waals surface area (Å²) in [6.45, 7) is 5.77. The van der Waals surface area contributed by atoms with Crippen molar-refractivity contribution in [1.82, 2.24) is 15.3 Å². The number of pyridine rings is 2. The summed E-state index contributed by atoms with van der Waals surface area (Å²) in [5.41, 5.74) is 0.900. The van der Waals surface area contributed by atoms with Crippen LogP contribution in [0, 0.1) is 0 Å². The summed E-state index contributed by atoms with van der Waals surface area (Å²) in [5, 5.41) is 2.59. The van der Waals surface area contributed by atoms with Gasteiger partial charge in [0.1, 0.15) is 5.60 Å². The van der Waals surface area contributed by atoms with Gasteiger partial charge in [-0.25, -0.2) is 14.4 Å². The number of carbonyl (C=O) groups excluding carboxylic acids is 3. The molecule has 0 aromatic carbocycles. The zero-order valence-electron chi connectivity index (χ0n) is 17.4. The van der Waals surface area contributed by atoms with E-state index in [1.165, 1.54) is 43.8 Å². The molecule has 0 unspecified atom stereocenters. The van der Waals surface area contributed by atoms with E-state index in [0.717, 1.165) is 0 Å². The summed E-state index contributed by atoms with van der Waals surface area (Å²) in [6.07, 6.45) is 2.84. The predicted octanol–water partition coefficient (Wildman–Crippen LogP) is 3.00. The van der Waals surface area contributed by atoms with Crippen molar-refractivity contribution >= 4 is 18.0 Å². The maximum Gasteiger partial charge on any atom is 0.407 e. The Hall–Kier alpha value is -3.49. The number of carbonyl (C=O) groups is 3. The Morgan fingerprint density at radius 3 is 2.07 bits per heavy atom. The summed E-state index contributed by atoms with van der Waals surface area (Å²) < 4.78 is 15.0. The van der Waals surface area contributed by atoms with Crippen LogP contribution in [0.25, 0.3) is 11.4 Å². The van der Waals surface area contributed by atoms with Crippen molar-refractivity contribution in [3.05, 3.63) is 47.8 Å². The monoisotopic (exact) mass is 415 g/mol. The highest BCUT2D eigenvalue weighted by Crippen LogP contribution is 2.17. The van der Waals surface area contributed by atoms with E-state index in [1.807, 2.05) is 0 Å². The molecule has 0 aliphatic heterocycles. The van der Waals surface area contributed by atoms with Crippen LogP contribution in [0.2, 0.25) is 0 Å². The van der Waals surface area contributed by atoms with Gasteiger partial charge in [0, 0.05) is 18.9 Å². The Labute approximate surface area is 174 Å². The zero-order valence-corrected chi connectivity index (χ0v) is 17.4. The van der Waals surface area contributed by atoms with E-state index in [4.69, 9.17) is 14.2 Å².